The Balaban J connectivity index is 1.35. The number of hydrogen-bond donors (Lipinski definition) is 0. The molecule has 5 rings (SSSR count). The van der Waals surface area contributed by atoms with Crippen LogP contribution in [0.5, 0.6) is 5.75 Å². The number of allylic oxidation sites excluding steroid dienone is 1. The molecule has 1 amide bonds. The number of nitrogens with zero attached hydrogens (tertiary/aromatic N) is 1. The summed E-state index contributed by atoms with van der Waals surface area (Å²) in [4.78, 5) is 27.8. The maximum Gasteiger partial charge on any atom is 0.424 e. The Hall–Kier alpha value is -5.22. The summed E-state index contributed by atoms with van der Waals surface area (Å²) in [7, 11) is 0. The Kier molecular flexibility index (Phi) is 7.52. The molecular weight excluding hydrogens is 470 g/mol. The molecule has 0 heterocycles. The number of anilines is 2. The van der Waals surface area contributed by atoms with E-state index in [0.717, 1.165) is 11.1 Å². The van der Waals surface area contributed by atoms with E-state index in [1.807, 2.05) is 121 Å². The van der Waals surface area contributed by atoms with Crippen LogP contribution in [0, 0.1) is 0 Å². The van der Waals surface area contributed by atoms with Crippen molar-refractivity contribution in [3.8, 4) is 16.9 Å². The number of ketones is 1. The standard InChI is InChI=1S/C34H25NO3/c36-32(28-22-20-27(21-23-28)26-12-4-1-5-13-26)25-24-29-14-10-11-19-33(29)38-34(37)35(30-15-6-2-7-16-30)31-17-8-3-9-18-31/h1-25H. The van der Waals surface area contributed by atoms with Crippen LogP contribution in [0.1, 0.15) is 15.9 Å². The summed E-state index contributed by atoms with van der Waals surface area (Å²) in [6.07, 6.45) is 2.62. The minimum Gasteiger partial charge on any atom is -0.409 e. The van der Waals surface area contributed by atoms with Gasteiger partial charge in [0.05, 0.1) is 11.4 Å². The quantitative estimate of drug-likeness (QED) is 0.168. The van der Waals surface area contributed by atoms with Gasteiger partial charge in [-0.2, -0.15) is 0 Å². The molecule has 0 saturated heterocycles. The van der Waals surface area contributed by atoms with Gasteiger partial charge < -0.3 is 4.74 Å². The number of ether oxygens (including phenoxy) is 1. The molecule has 4 nitrogen and oxygen atoms in total. The summed E-state index contributed by atoms with van der Waals surface area (Å²) in [6.45, 7) is 0. The minimum absolute atomic E-state index is 0.138. The highest BCUT2D eigenvalue weighted by atomic mass is 16.6. The Bertz CT molecular complexity index is 1510. The van der Waals surface area contributed by atoms with E-state index in [1.54, 1.807) is 24.3 Å². The molecule has 0 radical (unpaired) electrons. The van der Waals surface area contributed by atoms with Crippen LogP contribution in [0.2, 0.25) is 0 Å². The van der Waals surface area contributed by atoms with E-state index in [1.165, 1.54) is 11.0 Å². The smallest absolute Gasteiger partial charge is 0.409 e. The predicted octanol–water partition coefficient (Wildman–Crippen LogP) is 8.59. The number of benzene rings is 5. The van der Waals surface area contributed by atoms with Gasteiger partial charge in [0.15, 0.2) is 5.78 Å². The van der Waals surface area contributed by atoms with E-state index in [9.17, 15) is 9.59 Å². The van der Waals surface area contributed by atoms with Crippen molar-refractivity contribution in [3.05, 3.63) is 157 Å². The Morgan fingerprint density at radius 2 is 1.05 bits per heavy atom. The monoisotopic (exact) mass is 495 g/mol. The van der Waals surface area contributed by atoms with Crippen LogP contribution >= 0.6 is 0 Å². The zero-order valence-corrected chi connectivity index (χ0v) is 20.6. The van der Waals surface area contributed by atoms with Gasteiger partial charge in [0.1, 0.15) is 5.75 Å². The van der Waals surface area contributed by atoms with Crippen molar-refractivity contribution in [2.75, 3.05) is 4.90 Å². The average molecular weight is 496 g/mol. The van der Waals surface area contributed by atoms with Crippen molar-refractivity contribution < 1.29 is 14.3 Å². The van der Waals surface area contributed by atoms with Gasteiger partial charge in [0, 0.05) is 11.1 Å². The minimum atomic E-state index is -0.550. The molecule has 38 heavy (non-hydrogen) atoms. The van der Waals surface area contributed by atoms with Gasteiger partial charge >= 0.3 is 6.09 Å². The molecule has 0 unspecified atom stereocenters. The molecular formula is C34H25NO3. The van der Waals surface area contributed by atoms with Crippen molar-refractivity contribution in [3.63, 3.8) is 0 Å². The molecule has 5 aromatic rings. The van der Waals surface area contributed by atoms with E-state index in [4.69, 9.17) is 4.74 Å². The molecule has 0 fully saturated rings. The molecule has 0 aliphatic rings. The maximum atomic E-state index is 13.4. The Labute approximate surface area is 222 Å². The van der Waals surface area contributed by atoms with Gasteiger partial charge in [-0.15, -0.1) is 0 Å². The van der Waals surface area contributed by atoms with Crippen molar-refractivity contribution in [1.29, 1.82) is 0 Å². The lowest BCUT2D eigenvalue weighted by Crippen LogP contribution is -2.29. The molecule has 184 valence electrons. The number of rotatable bonds is 7. The second-order valence-corrected chi connectivity index (χ2v) is 8.55. The zero-order chi connectivity index (χ0) is 26.2. The molecule has 0 atom stereocenters. The lowest BCUT2D eigenvalue weighted by molar-refractivity contribution is 0.104. The summed E-state index contributed by atoms with van der Waals surface area (Å²) in [5, 5.41) is 0. The number of hydrogen-bond acceptors (Lipinski definition) is 3. The summed E-state index contributed by atoms with van der Waals surface area (Å²) in [6, 6.07) is 43.3. The number of amides is 1. The Morgan fingerprint density at radius 1 is 0.553 bits per heavy atom. The topological polar surface area (TPSA) is 46.6 Å². The molecule has 0 bridgehead atoms. The van der Waals surface area contributed by atoms with E-state index >= 15 is 0 Å². The molecule has 4 heteroatoms. The van der Waals surface area contributed by atoms with Crippen LogP contribution in [-0.2, 0) is 0 Å². The third-order valence-electron chi connectivity index (χ3n) is 6.02. The number of carbonyl (C=O) groups excluding carboxylic acids is 2. The second kappa shape index (κ2) is 11.7. The molecule has 0 aliphatic heterocycles. The van der Waals surface area contributed by atoms with Crippen LogP contribution < -0.4 is 9.64 Å². The third-order valence-corrected chi connectivity index (χ3v) is 6.02. The van der Waals surface area contributed by atoms with Gasteiger partial charge in [-0.1, -0.05) is 109 Å². The molecule has 0 aromatic heterocycles. The highest BCUT2D eigenvalue weighted by Crippen LogP contribution is 2.28. The molecule has 0 spiro atoms. The molecule has 0 saturated carbocycles. The van der Waals surface area contributed by atoms with Crippen LogP contribution in [0.3, 0.4) is 0 Å². The zero-order valence-electron chi connectivity index (χ0n) is 20.6. The largest absolute Gasteiger partial charge is 0.424 e. The summed E-state index contributed by atoms with van der Waals surface area (Å²) in [5.41, 5.74) is 4.71. The third kappa shape index (κ3) is 5.77. The van der Waals surface area contributed by atoms with Gasteiger partial charge in [-0.3, -0.25) is 4.79 Å². The van der Waals surface area contributed by atoms with E-state index in [0.29, 0.717) is 28.3 Å². The summed E-state index contributed by atoms with van der Waals surface area (Å²) < 4.78 is 5.84. The molecule has 0 N–H and O–H groups in total. The highest BCUT2D eigenvalue weighted by Gasteiger charge is 2.21. The number of para-hydroxylation sites is 3. The molecule has 0 aliphatic carbocycles. The fourth-order valence-electron chi connectivity index (χ4n) is 4.08. The first-order valence-corrected chi connectivity index (χ1v) is 12.3. The van der Waals surface area contributed by atoms with Crippen molar-refractivity contribution in [1.82, 2.24) is 0 Å². The second-order valence-electron chi connectivity index (χ2n) is 8.55. The Morgan fingerprint density at radius 3 is 1.66 bits per heavy atom. The summed E-state index contributed by atoms with van der Waals surface area (Å²) in [5.74, 6) is 0.221. The van der Waals surface area contributed by atoms with Crippen LogP contribution in [0.15, 0.2) is 146 Å². The van der Waals surface area contributed by atoms with Crippen LogP contribution in [-0.4, -0.2) is 11.9 Å². The first-order chi connectivity index (χ1) is 18.7. The predicted molar refractivity (Wildman–Crippen MR) is 153 cm³/mol. The van der Waals surface area contributed by atoms with Gasteiger partial charge in [-0.25, -0.2) is 9.69 Å². The first-order valence-electron chi connectivity index (χ1n) is 12.3. The van der Waals surface area contributed by atoms with E-state index in [-0.39, 0.29) is 5.78 Å². The average Bonchev–Trinajstić information content (AvgIpc) is 2.98. The lowest BCUT2D eigenvalue weighted by Gasteiger charge is -2.22. The van der Waals surface area contributed by atoms with Gasteiger partial charge in [0.25, 0.3) is 0 Å². The lowest BCUT2D eigenvalue weighted by atomic mass is 10.0. The van der Waals surface area contributed by atoms with Gasteiger partial charge in [-0.05, 0) is 53.6 Å². The van der Waals surface area contributed by atoms with Crippen LogP contribution in [0.4, 0.5) is 16.2 Å². The molecule has 5 aromatic carbocycles. The maximum absolute atomic E-state index is 13.4. The van der Waals surface area contributed by atoms with E-state index in [2.05, 4.69) is 0 Å². The fraction of sp³-hybridized carbons (Fsp3) is 0. The van der Waals surface area contributed by atoms with Gasteiger partial charge in [0.2, 0.25) is 0 Å². The fourth-order valence-corrected chi connectivity index (χ4v) is 4.08. The van der Waals surface area contributed by atoms with Crippen molar-refractivity contribution >= 4 is 29.3 Å². The highest BCUT2D eigenvalue weighted by molar-refractivity contribution is 6.07. The normalized spacial score (nSPS) is 10.7. The summed E-state index contributed by atoms with van der Waals surface area (Å²) >= 11 is 0. The first kappa shape index (κ1) is 24.5. The van der Waals surface area contributed by atoms with E-state index < -0.39 is 6.09 Å². The number of carbonyl (C=O) groups is 2. The SMILES string of the molecule is O=C(C=Cc1ccccc1OC(=O)N(c1ccccc1)c1ccccc1)c1ccc(-c2ccccc2)cc1. The van der Waals surface area contributed by atoms with Crippen molar-refractivity contribution in [2.24, 2.45) is 0 Å². The van der Waals surface area contributed by atoms with Crippen molar-refractivity contribution in [2.45, 2.75) is 0 Å². The van der Waals surface area contributed by atoms with Crippen LogP contribution in [0.25, 0.3) is 17.2 Å².